The van der Waals surface area contributed by atoms with Crippen LogP contribution in [0, 0.1) is 6.92 Å². The number of ether oxygens (including phenoxy) is 1. The van der Waals surface area contributed by atoms with E-state index in [9.17, 15) is 9.59 Å². The Balaban J connectivity index is 1.75. The van der Waals surface area contributed by atoms with E-state index in [1.807, 2.05) is 31.2 Å². The van der Waals surface area contributed by atoms with Gasteiger partial charge in [-0.05, 0) is 38.1 Å². The fourth-order valence-corrected chi connectivity index (χ4v) is 2.90. The molecular formula is C17H14N2O3S. The minimum atomic E-state index is -0.461. The monoisotopic (exact) mass is 326 g/mol. The van der Waals surface area contributed by atoms with Crippen LogP contribution in [-0.4, -0.2) is 21.7 Å². The average molecular weight is 326 g/mol. The number of aryl methyl sites for hydroxylation is 1. The molecule has 0 radical (unpaired) electrons. The molecule has 3 aromatic rings. The summed E-state index contributed by atoms with van der Waals surface area (Å²) >= 11 is 1.13. The van der Waals surface area contributed by atoms with E-state index in [-0.39, 0.29) is 12.4 Å². The summed E-state index contributed by atoms with van der Waals surface area (Å²) in [6, 6.07) is 10.8. The predicted molar refractivity (Wildman–Crippen MR) is 87.7 cm³/mol. The molecule has 1 aromatic carbocycles. The van der Waals surface area contributed by atoms with Crippen LogP contribution >= 0.6 is 11.3 Å². The zero-order valence-corrected chi connectivity index (χ0v) is 13.5. The standard InChI is InChI=1S/C17H14N2O3S/c1-10-14(19-13-6-4-3-5-12(13)18-10)9-22-17(21)16-8-7-15(23-16)11(2)20/h3-8H,9H2,1-2H3. The van der Waals surface area contributed by atoms with Gasteiger partial charge in [-0.3, -0.25) is 4.79 Å². The number of aromatic nitrogens is 2. The van der Waals surface area contributed by atoms with Crippen molar-refractivity contribution in [1.29, 1.82) is 0 Å². The molecule has 2 aromatic heterocycles. The van der Waals surface area contributed by atoms with Gasteiger partial charge < -0.3 is 4.74 Å². The summed E-state index contributed by atoms with van der Waals surface area (Å²) in [7, 11) is 0. The van der Waals surface area contributed by atoms with Crippen molar-refractivity contribution in [2.45, 2.75) is 20.5 Å². The van der Waals surface area contributed by atoms with Gasteiger partial charge >= 0.3 is 5.97 Å². The highest BCUT2D eigenvalue weighted by atomic mass is 32.1. The second-order valence-electron chi connectivity index (χ2n) is 5.04. The van der Waals surface area contributed by atoms with Crippen LogP contribution in [0.1, 0.15) is 37.7 Å². The van der Waals surface area contributed by atoms with Gasteiger partial charge in [-0.2, -0.15) is 0 Å². The van der Waals surface area contributed by atoms with Gasteiger partial charge in [0.05, 0.1) is 27.3 Å². The molecule has 0 aliphatic heterocycles. The number of nitrogens with zero attached hydrogens (tertiary/aromatic N) is 2. The number of rotatable bonds is 4. The number of carbonyl (C=O) groups excluding carboxylic acids is 2. The Morgan fingerprint density at radius 1 is 1.04 bits per heavy atom. The molecule has 0 saturated carbocycles. The maximum atomic E-state index is 12.1. The summed E-state index contributed by atoms with van der Waals surface area (Å²) in [6.07, 6.45) is 0. The number of benzene rings is 1. The fourth-order valence-electron chi connectivity index (χ4n) is 2.10. The van der Waals surface area contributed by atoms with Crippen LogP contribution in [0.2, 0.25) is 0 Å². The molecule has 0 atom stereocenters. The lowest BCUT2D eigenvalue weighted by atomic mass is 10.2. The largest absolute Gasteiger partial charge is 0.455 e. The van der Waals surface area contributed by atoms with Gasteiger partial charge in [0.25, 0.3) is 0 Å². The first-order valence-corrected chi connectivity index (χ1v) is 7.86. The molecule has 23 heavy (non-hydrogen) atoms. The number of thiophene rings is 1. The molecule has 0 saturated heterocycles. The van der Waals surface area contributed by atoms with Crippen molar-refractivity contribution in [2.24, 2.45) is 0 Å². The van der Waals surface area contributed by atoms with E-state index in [1.54, 1.807) is 12.1 Å². The summed E-state index contributed by atoms with van der Waals surface area (Å²) in [5.41, 5.74) is 2.93. The Labute approximate surface area is 137 Å². The topological polar surface area (TPSA) is 69.2 Å². The van der Waals surface area contributed by atoms with Gasteiger partial charge in [0.1, 0.15) is 11.5 Å². The maximum Gasteiger partial charge on any atom is 0.348 e. The van der Waals surface area contributed by atoms with Gasteiger partial charge in [-0.15, -0.1) is 11.3 Å². The lowest BCUT2D eigenvalue weighted by Crippen LogP contribution is -2.07. The Bertz CT molecular complexity index is 902. The summed E-state index contributed by atoms with van der Waals surface area (Å²) in [5.74, 6) is -0.526. The van der Waals surface area contributed by atoms with Gasteiger partial charge in [0, 0.05) is 0 Å². The quantitative estimate of drug-likeness (QED) is 0.541. The van der Waals surface area contributed by atoms with E-state index in [1.165, 1.54) is 6.92 Å². The lowest BCUT2D eigenvalue weighted by Gasteiger charge is -2.07. The number of carbonyl (C=O) groups is 2. The highest BCUT2D eigenvalue weighted by Crippen LogP contribution is 2.19. The third-order valence-electron chi connectivity index (χ3n) is 3.34. The van der Waals surface area contributed by atoms with Gasteiger partial charge in [-0.1, -0.05) is 12.1 Å². The highest BCUT2D eigenvalue weighted by molar-refractivity contribution is 7.15. The summed E-state index contributed by atoms with van der Waals surface area (Å²) in [5, 5.41) is 0. The van der Waals surface area contributed by atoms with Crippen LogP contribution in [0.5, 0.6) is 0 Å². The smallest absolute Gasteiger partial charge is 0.348 e. The molecule has 5 nitrogen and oxygen atoms in total. The SMILES string of the molecule is CC(=O)c1ccc(C(=O)OCc2nc3ccccc3nc2C)s1. The predicted octanol–water partition coefficient (Wildman–Crippen LogP) is 3.56. The number of ketones is 1. The zero-order valence-electron chi connectivity index (χ0n) is 12.7. The fraction of sp³-hybridized carbons (Fsp3) is 0.176. The molecule has 6 heteroatoms. The second-order valence-corrected chi connectivity index (χ2v) is 6.12. The maximum absolute atomic E-state index is 12.1. The molecule has 0 amide bonds. The number of hydrogen-bond donors (Lipinski definition) is 0. The van der Waals surface area contributed by atoms with Crippen molar-refractivity contribution in [3.05, 3.63) is 57.5 Å². The Hall–Kier alpha value is -2.60. The first-order valence-electron chi connectivity index (χ1n) is 7.05. The third kappa shape index (κ3) is 3.27. The Kier molecular flexibility index (Phi) is 4.16. The molecule has 0 N–H and O–H groups in total. The zero-order chi connectivity index (χ0) is 16.4. The van der Waals surface area contributed by atoms with Crippen molar-refractivity contribution >= 4 is 34.1 Å². The molecule has 3 rings (SSSR count). The first-order chi connectivity index (χ1) is 11.0. The molecule has 116 valence electrons. The average Bonchev–Trinajstić information content (AvgIpc) is 3.03. The summed E-state index contributed by atoms with van der Waals surface area (Å²) < 4.78 is 5.29. The molecule has 0 aliphatic rings. The van der Waals surface area contributed by atoms with E-state index in [4.69, 9.17) is 4.74 Å². The van der Waals surface area contributed by atoms with Crippen LogP contribution in [0.15, 0.2) is 36.4 Å². The first kappa shape index (κ1) is 15.3. The second kappa shape index (κ2) is 6.26. The molecular weight excluding hydrogens is 312 g/mol. The molecule has 0 bridgehead atoms. The molecule has 0 unspecified atom stereocenters. The van der Waals surface area contributed by atoms with Crippen LogP contribution in [0.25, 0.3) is 11.0 Å². The highest BCUT2D eigenvalue weighted by Gasteiger charge is 2.14. The van der Waals surface area contributed by atoms with Crippen LogP contribution in [0.3, 0.4) is 0 Å². The van der Waals surface area contributed by atoms with Crippen molar-refractivity contribution in [2.75, 3.05) is 0 Å². The number of fused-ring (bicyclic) bond motifs is 1. The number of esters is 1. The van der Waals surface area contributed by atoms with E-state index in [2.05, 4.69) is 9.97 Å². The molecule has 0 fully saturated rings. The number of hydrogen-bond acceptors (Lipinski definition) is 6. The molecule has 0 spiro atoms. The van der Waals surface area contributed by atoms with E-state index in [0.717, 1.165) is 28.1 Å². The summed E-state index contributed by atoms with van der Waals surface area (Å²) in [4.78, 5) is 33.2. The van der Waals surface area contributed by atoms with E-state index in [0.29, 0.717) is 15.4 Å². The molecule has 2 heterocycles. The van der Waals surface area contributed by atoms with Gasteiger partial charge in [0.2, 0.25) is 0 Å². The third-order valence-corrected chi connectivity index (χ3v) is 4.50. The Morgan fingerprint density at radius 2 is 1.70 bits per heavy atom. The van der Waals surface area contributed by atoms with Crippen LogP contribution in [-0.2, 0) is 11.3 Å². The lowest BCUT2D eigenvalue weighted by molar-refractivity contribution is 0.0473. The van der Waals surface area contributed by atoms with Crippen molar-refractivity contribution < 1.29 is 14.3 Å². The number of para-hydroxylation sites is 2. The van der Waals surface area contributed by atoms with Crippen molar-refractivity contribution in [3.63, 3.8) is 0 Å². The minimum absolute atomic E-state index is 0.0514. The van der Waals surface area contributed by atoms with Gasteiger partial charge in [0.15, 0.2) is 5.78 Å². The van der Waals surface area contributed by atoms with Crippen molar-refractivity contribution in [3.8, 4) is 0 Å². The van der Waals surface area contributed by atoms with Gasteiger partial charge in [-0.25, -0.2) is 14.8 Å². The summed E-state index contributed by atoms with van der Waals surface area (Å²) in [6.45, 7) is 3.35. The van der Waals surface area contributed by atoms with Crippen molar-refractivity contribution in [1.82, 2.24) is 9.97 Å². The number of Topliss-reactive ketones (excluding diaryl/α,β-unsaturated/α-hetero) is 1. The van der Waals surface area contributed by atoms with E-state index >= 15 is 0 Å². The van der Waals surface area contributed by atoms with E-state index < -0.39 is 5.97 Å². The minimum Gasteiger partial charge on any atom is -0.455 e. The molecule has 0 aliphatic carbocycles. The van der Waals surface area contributed by atoms with Crippen LogP contribution in [0.4, 0.5) is 0 Å². The van der Waals surface area contributed by atoms with Crippen LogP contribution < -0.4 is 0 Å². The Morgan fingerprint density at radius 3 is 2.35 bits per heavy atom. The normalized spacial score (nSPS) is 10.7.